The van der Waals surface area contributed by atoms with Crippen LogP contribution in [0.1, 0.15) is 12.5 Å². The molecule has 0 aromatic heterocycles. The molecule has 0 saturated carbocycles. The molecule has 0 spiro atoms. The summed E-state index contributed by atoms with van der Waals surface area (Å²) in [6.07, 6.45) is 3.76. The lowest BCUT2D eigenvalue weighted by Gasteiger charge is -2.34. The van der Waals surface area contributed by atoms with E-state index in [9.17, 15) is 0 Å². The Balaban J connectivity index is 1.91. The Bertz CT molecular complexity index is 421. The molecule has 1 saturated heterocycles. The summed E-state index contributed by atoms with van der Waals surface area (Å²) >= 11 is 0. The van der Waals surface area contributed by atoms with Gasteiger partial charge in [-0.3, -0.25) is 0 Å². The summed E-state index contributed by atoms with van der Waals surface area (Å²) in [5.41, 5.74) is 0.572. The quantitative estimate of drug-likeness (QED) is 0.723. The maximum Gasteiger partial charge on any atom is 0.201 e. The molecule has 0 amide bonds. The fraction of sp³-hybridized carbons (Fsp3) is 0.385. The highest BCUT2D eigenvalue weighted by molar-refractivity contribution is 5.60. The average molecular weight is 218 g/mol. The van der Waals surface area contributed by atoms with E-state index in [1.807, 2.05) is 37.3 Å². The van der Waals surface area contributed by atoms with Gasteiger partial charge in [0.05, 0.1) is 13.2 Å². The van der Waals surface area contributed by atoms with E-state index in [1.54, 1.807) is 0 Å². The van der Waals surface area contributed by atoms with Crippen LogP contribution in [0.5, 0.6) is 5.75 Å². The third-order valence-electron chi connectivity index (χ3n) is 2.93. The van der Waals surface area contributed by atoms with E-state index < -0.39 is 5.60 Å². The van der Waals surface area contributed by atoms with Gasteiger partial charge in [0.15, 0.2) is 5.60 Å². The number of fused-ring (bicyclic) bond motifs is 1. The van der Waals surface area contributed by atoms with Crippen molar-refractivity contribution in [2.45, 2.75) is 18.8 Å². The molecule has 2 aliphatic rings. The summed E-state index contributed by atoms with van der Waals surface area (Å²) < 4.78 is 17.0. The van der Waals surface area contributed by atoms with Crippen LogP contribution in [0.3, 0.4) is 0 Å². The van der Waals surface area contributed by atoms with Crippen molar-refractivity contribution in [3.05, 3.63) is 35.9 Å². The first-order chi connectivity index (χ1) is 7.78. The van der Waals surface area contributed by atoms with Crippen LogP contribution in [0, 0.1) is 0 Å². The Morgan fingerprint density at radius 2 is 1.94 bits per heavy atom. The van der Waals surface area contributed by atoms with Crippen LogP contribution >= 0.6 is 0 Å². The molecule has 84 valence electrons. The standard InChI is InChI=1S/C13H14O3/c1-13(12-14-8-9-15-12)7-6-10-4-2-3-5-11(10)16-13/h2-7,12H,8-9H2,1H3. The van der Waals surface area contributed by atoms with Crippen molar-refractivity contribution in [3.63, 3.8) is 0 Å². The van der Waals surface area contributed by atoms with Crippen LogP contribution in [-0.2, 0) is 9.47 Å². The average Bonchev–Trinajstić information content (AvgIpc) is 2.83. The fourth-order valence-corrected chi connectivity index (χ4v) is 2.05. The van der Waals surface area contributed by atoms with Crippen molar-refractivity contribution in [2.75, 3.05) is 13.2 Å². The molecule has 2 aliphatic heterocycles. The van der Waals surface area contributed by atoms with Gasteiger partial charge in [-0.05, 0) is 19.1 Å². The van der Waals surface area contributed by atoms with Crippen LogP contribution in [0.4, 0.5) is 0 Å². The molecule has 3 rings (SSSR count). The molecule has 0 bridgehead atoms. The lowest BCUT2D eigenvalue weighted by Crippen LogP contribution is -2.45. The fourth-order valence-electron chi connectivity index (χ4n) is 2.05. The summed E-state index contributed by atoms with van der Waals surface area (Å²) in [5, 5.41) is 0. The van der Waals surface area contributed by atoms with Crippen LogP contribution in [0.2, 0.25) is 0 Å². The van der Waals surface area contributed by atoms with E-state index in [0.29, 0.717) is 13.2 Å². The maximum atomic E-state index is 5.97. The first-order valence-corrected chi connectivity index (χ1v) is 5.48. The highest BCUT2D eigenvalue weighted by Crippen LogP contribution is 2.34. The molecule has 1 fully saturated rings. The van der Waals surface area contributed by atoms with Gasteiger partial charge in [0.1, 0.15) is 5.75 Å². The Kier molecular flexibility index (Phi) is 2.23. The van der Waals surface area contributed by atoms with Gasteiger partial charge in [-0.15, -0.1) is 0 Å². The topological polar surface area (TPSA) is 27.7 Å². The predicted octanol–water partition coefficient (Wildman–Crippen LogP) is 2.22. The Morgan fingerprint density at radius 1 is 1.19 bits per heavy atom. The van der Waals surface area contributed by atoms with Gasteiger partial charge >= 0.3 is 0 Å². The van der Waals surface area contributed by atoms with Gasteiger partial charge in [-0.2, -0.15) is 0 Å². The summed E-state index contributed by atoms with van der Waals surface area (Å²) in [5.74, 6) is 0.881. The van der Waals surface area contributed by atoms with Crippen LogP contribution in [0.15, 0.2) is 30.3 Å². The second-order valence-corrected chi connectivity index (χ2v) is 4.23. The van der Waals surface area contributed by atoms with Crippen molar-refractivity contribution in [2.24, 2.45) is 0 Å². The van der Waals surface area contributed by atoms with Gasteiger partial charge in [-0.25, -0.2) is 0 Å². The van der Waals surface area contributed by atoms with Crippen molar-refractivity contribution >= 4 is 6.08 Å². The molecule has 1 atom stereocenters. The van der Waals surface area contributed by atoms with Crippen molar-refractivity contribution in [1.82, 2.24) is 0 Å². The van der Waals surface area contributed by atoms with Crippen LogP contribution < -0.4 is 4.74 Å². The number of hydrogen-bond acceptors (Lipinski definition) is 3. The molecule has 0 aliphatic carbocycles. The number of rotatable bonds is 1. The van der Waals surface area contributed by atoms with Gasteiger partial charge in [0.2, 0.25) is 6.29 Å². The van der Waals surface area contributed by atoms with Crippen molar-refractivity contribution in [1.29, 1.82) is 0 Å². The van der Waals surface area contributed by atoms with Gasteiger partial charge in [-0.1, -0.05) is 24.3 Å². The van der Waals surface area contributed by atoms with Crippen molar-refractivity contribution < 1.29 is 14.2 Å². The normalized spacial score (nSPS) is 28.8. The minimum atomic E-state index is -0.523. The van der Waals surface area contributed by atoms with Crippen molar-refractivity contribution in [3.8, 4) is 5.75 Å². The molecular weight excluding hydrogens is 204 g/mol. The number of ether oxygens (including phenoxy) is 3. The second-order valence-electron chi connectivity index (χ2n) is 4.23. The van der Waals surface area contributed by atoms with Gasteiger partial charge in [0, 0.05) is 5.56 Å². The van der Waals surface area contributed by atoms with E-state index in [-0.39, 0.29) is 6.29 Å². The monoisotopic (exact) mass is 218 g/mol. The molecule has 16 heavy (non-hydrogen) atoms. The van der Waals surface area contributed by atoms with Crippen LogP contribution in [0.25, 0.3) is 6.08 Å². The minimum absolute atomic E-state index is 0.308. The van der Waals surface area contributed by atoms with Crippen LogP contribution in [-0.4, -0.2) is 25.1 Å². The molecule has 0 radical (unpaired) electrons. The number of para-hydroxylation sites is 1. The Hall–Kier alpha value is -1.32. The molecule has 1 unspecified atom stereocenters. The SMILES string of the molecule is CC1(C2OCCO2)C=Cc2ccccc2O1. The van der Waals surface area contributed by atoms with E-state index in [4.69, 9.17) is 14.2 Å². The van der Waals surface area contributed by atoms with Gasteiger partial charge in [0.25, 0.3) is 0 Å². The number of hydrogen-bond donors (Lipinski definition) is 0. The highest BCUT2D eigenvalue weighted by atomic mass is 16.7. The molecule has 3 heteroatoms. The smallest absolute Gasteiger partial charge is 0.201 e. The minimum Gasteiger partial charge on any atom is -0.478 e. The van der Waals surface area contributed by atoms with Gasteiger partial charge < -0.3 is 14.2 Å². The van der Waals surface area contributed by atoms with E-state index in [1.165, 1.54) is 0 Å². The molecular formula is C13H14O3. The molecule has 1 aromatic rings. The molecule has 2 heterocycles. The third-order valence-corrected chi connectivity index (χ3v) is 2.93. The predicted molar refractivity (Wildman–Crippen MR) is 60.2 cm³/mol. The zero-order valence-corrected chi connectivity index (χ0v) is 9.18. The highest BCUT2D eigenvalue weighted by Gasteiger charge is 2.40. The Labute approximate surface area is 94.6 Å². The van der Waals surface area contributed by atoms with E-state index in [2.05, 4.69) is 6.08 Å². The molecule has 3 nitrogen and oxygen atoms in total. The molecule has 0 N–H and O–H groups in total. The zero-order chi connectivity index (χ0) is 11.0. The lowest BCUT2D eigenvalue weighted by atomic mass is 10.00. The maximum absolute atomic E-state index is 5.97. The summed E-state index contributed by atoms with van der Waals surface area (Å²) in [7, 11) is 0. The summed E-state index contributed by atoms with van der Waals surface area (Å²) in [6.45, 7) is 3.26. The zero-order valence-electron chi connectivity index (χ0n) is 9.18. The largest absolute Gasteiger partial charge is 0.478 e. The lowest BCUT2D eigenvalue weighted by molar-refractivity contribution is -0.139. The summed E-state index contributed by atoms with van der Waals surface area (Å²) in [4.78, 5) is 0. The first-order valence-electron chi connectivity index (χ1n) is 5.48. The third kappa shape index (κ3) is 1.52. The second kappa shape index (κ2) is 3.61. The first kappa shape index (κ1) is 9.87. The summed E-state index contributed by atoms with van der Waals surface area (Å²) in [6, 6.07) is 7.96. The Morgan fingerprint density at radius 3 is 2.75 bits per heavy atom. The number of benzene rings is 1. The van der Waals surface area contributed by atoms with E-state index >= 15 is 0 Å². The molecule has 1 aromatic carbocycles. The van der Waals surface area contributed by atoms with E-state index in [0.717, 1.165) is 11.3 Å².